The van der Waals surface area contributed by atoms with E-state index in [0.717, 1.165) is 51.4 Å². The van der Waals surface area contributed by atoms with E-state index in [2.05, 4.69) is 0 Å². The van der Waals surface area contributed by atoms with Crippen LogP contribution in [0.4, 0.5) is 26.3 Å². The standard InChI is InChI=1S/C31H24F4N2O6P2S2.C22H19F2O4P/c32-30(33,44(38,39)40)21-13-9-19(10-14-21)17-29(27-36-23-5-1-3-7-25(23)46-27,28-37-24-6-2-4-8-26(24)47-28)18-20-11-15-22(16-12-20)31(34,35)45(41,42)43;23-22(24,29(26,27)28)19-13-11-16(12-14-19)15-20(17-7-3-1-4-8-17)21(25)18-9-5-2-6-10-18/h1-16H,17-18H2,(H2,38,39,40)(H2,41,42,43);1-14,20H,15H2,(H2,26,27,28). The number of hydrogen-bond acceptors (Lipinski definition) is 8. The van der Waals surface area contributed by atoms with Gasteiger partial charge in [-0.2, -0.15) is 26.3 Å². The first-order valence-electron chi connectivity index (χ1n) is 22.7. The highest BCUT2D eigenvalue weighted by molar-refractivity contribution is 7.53. The number of para-hydroxylation sites is 2. The molecular formula is C53H43F6N2O10P3S2. The van der Waals surface area contributed by atoms with Gasteiger partial charge in [0.2, 0.25) is 0 Å². The molecule has 9 aromatic rings. The molecule has 6 N–H and O–H groups in total. The van der Waals surface area contributed by atoms with Crippen LogP contribution in [-0.2, 0) is 55.4 Å². The molecule has 394 valence electrons. The van der Waals surface area contributed by atoms with Gasteiger partial charge < -0.3 is 29.4 Å². The van der Waals surface area contributed by atoms with Crippen LogP contribution in [0, 0.1) is 0 Å². The zero-order valence-electron chi connectivity index (χ0n) is 39.2. The Morgan fingerprint density at radius 2 is 0.776 bits per heavy atom. The number of fused-ring (bicyclic) bond motifs is 2. The summed E-state index contributed by atoms with van der Waals surface area (Å²) in [5.41, 5.74) is -12.3. The molecular weight excluding hydrogens is 1100 g/mol. The second-order valence-corrected chi connectivity index (χ2v) is 24.7. The molecule has 0 aliphatic rings. The lowest BCUT2D eigenvalue weighted by Gasteiger charge is -2.31. The average molecular weight is 1140 g/mol. The minimum atomic E-state index is -5.80. The number of benzene rings is 7. The molecule has 23 heteroatoms. The van der Waals surface area contributed by atoms with Gasteiger partial charge in [-0.25, -0.2) is 9.97 Å². The van der Waals surface area contributed by atoms with Gasteiger partial charge in [0, 0.05) is 22.3 Å². The van der Waals surface area contributed by atoms with Crippen molar-refractivity contribution in [1.29, 1.82) is 0 Å². The number of hydrogen-bond donors (Lipinski definition) is 6. The van der Waals surface area contributed by atoms with E-state index in [1.165, 1.54) is 59.1 Å². The number of halogens is 6. The van der Waals surface area contributed by atoms with E-state index in [4.69, 9.17) is 19.8 Å². The fourth-order valence-corrected chi connectivity index (χ4v) is 12.2. The first-order valence-corrected chi connectivity index (χ1v) is 29.1. The van der Waals surface area contributed by atoms with Crippen LogP contribution in [0.3, 0.4) is 0 Å². The lowest BCUT2D eigenvalue weighted by Crippen LogP contribution is -2.33. The summed E-state index contributed by atoms with van der Waals surface area (Å²) in [6.45, 7) is 0. The van der Waals surface area contributed by atoms with Crippen molar-refractivity contribution in [2.75, 3.05) is 0 Å². The van der Waals surface area contributed by atoms with Crippen LogP contribution in [0.5, 0.6) is 0 Å². The molecule has 7 aromatic carbocycles. The smallest absolute Gasteiger partial charge is 0.320 e. The molecule has 9 rings (SSSR count). The number of alkyl halides is 6. The first kappa shape index (κ1) is 56.2. The second kappa shape index (κ2) is 21.8. The van der Waals surface area contributed by atoms with E-state index in [9.17, 15) is 64.4 Å². The third-order valence-electron chi connectivity index (χ3n) is 12.4. The van der Waals surface area contributed by atoms with Gasteiger partial charge in [-0.15, -0.1) is 22.7 Å². The van der Waals surface area contributed by atoms with E-state index in [1.54, 1.807) is 24.3 Å². The monoisotopic (exact) mass is 1140 g/mol. The Kier molecular flexibility index (Phi) is 16.1. The Balaban J connectivity index is 0.000000226. The van der Waals surface area contributed by atoms with Gasteiger partial charge in [-0.05, 0) is 65.8 Å². The molecule has 0 saturated carbocycles. The van der Waals surface area contributed by atoms with Gasteiger partial charge >= 0.3 is 39.8 Å². The summed E-state index contributed by atoms with van der Waals surface area (Å²) in [6.07, 6.45) is 0.475. The fraction of sp³-hybridized carbons (Fsp3) is 0.151. The summed E-state index contributed by atoms with van der Waals surface area (Å²) in [5, 5.41) is 1.18. The zero-order valence-corrected chi connectivity index (χ0v) is 43.5. The molecule has 0 bridgehead atoms. The van der Waals surface area contributed by atoms with Crippen LogP contribution < -0.4 is 0 Å². The highest BCUT2D eigenvalue weighted by Gasteiger charge is 2.52. The summed E-state index contributed by atoms with van der Waals surface area (Å²) in [5.74, 6) is -0.617. The van der Waals surface area contributed by atoms with E-state index >= 15 is 0 Å². The number of ketones is 1. The quantitative estimate of drug-likeness (QED) is 0.0285. The lowest BCUT2D eigenvalue weighted by atomic mass is 9.77. The Labute approximate surface area is 437 Å². The number of thiazole rings is 2. The molecule has 0 radical (unpaired) electrons. The van der Waals surface area contributed by atoms with Gasteiger partial charge in [-0.1, -0.05) is 158 Å². The molecule has 0 saturated heterocycles. The van der Waals surface area contributed by atoms with Crippen LogP contribution in [0.2, 0.25) is 0 Å². The molecule has 1 unspecified atom stereocenters. The van der Waals surface area contributed by atoms with Crippen molar-refractivity contribution in [3.8, 4) is 0 Å². The van der Waals surface area contributed by atoms with Crippen molar-refractivity contribution < 1.29 is 74.2 Å². The molecule has 76 heavy (non-hydrogen) atoms. The zero-order chi connectivity index (χ0) is 54.9. The van der Waals surface area contributed by atoms with E-state index in [0.29, 0.717) is 43.3 Å². The minimum Gasteiger partial charge on any atom is -0.320 e. The molecule has 1 atom stereocenters. The number of aromatic nitrogens is 2. The molecule has 2 heterocycles. The Bertz CT molecular complexity index is 3430. The third kappa shape index (κ3) is 11.8. The van der Waals surface area contributed by atoms with Gasteiger partial charge in [0.05, 0.1) is 31.8 Å². The van der Waals surface area contributed by atoms with Gasteiger partial charge in [0.1, 0.15) is 10.0 Å². The van der Waals surface area contributed by atoms with Gasteiger partial charge in [0.25, 0.3) is 0 Å². The maximum Gasteiger partial charge on any atom is 0.399 e. The van der Waals surface area contributed by atoms with Gasteiger partial charge in [-0.3, -0.25) is 18.5 Å². The Morgan fingerprint density at radius 3 is 1.13 bits per heavy atom. The summed E-state index contributed by atoms with van der Waals surface area (Å²) >= 11 is 2.76. The first-order chi connectivity index (χ1) is 35.7. The van der Waals surface area contributed by atoms with Crippen molar-refractivity contribution >= 4 is 71.7 Å². The maximum absolute atomic E-state index is 14.5. The topological polar surface area (TPSA) is 215 Å². The Hall–Kier alpha value is -5.98. The second-order valence-electron chi connectivity index (χ2n) is 17.7. The lowest BCUT2D eigenvalue weighted by molar-refractivity contribution is 0.0564. The predicted molar refractivity (Wildman–Crippen MR) is 278 cm³/mol. The Morgan fingerprint density at radius 1 is 0.447 bits per heavy atom. The summed E-state index contributed by atoms with van der Waals surface area (Å²) in [6, 6.07) is 46.7. The molecule has 0 aliphatic heterocycles. The maximum atomic E-state index is 14.5. The summed E-state index contributed by atoms with van der Waals surface area (Å²) in [4.78, 5) is 77.6. The SMILES string of the molecule is O=C(c1ccccc1)C(Cc1ccc(C(F)(F)P(=O)(O)O)cc1)c1ccccc1.O=P(O)(O)C(F)(F)c1ccc(CC(Cc2ccc(C(F)(F)P(=O)(O)O)cc2)(c2nc3ccccc3s2)c2nc3ccccc3s2)cc1. The van der Waals surface area contributed by atoms with E-state index in [-0.39, 0.29) is 25.0 Å². The minimum absolute atomic E-state index is 0.0959. The van der Waals surface area contributed by atoms with Crippen molar-refractivity contribution in [3.05, 3.63) is 237 Å². The van der Waals surface area contributed by atoms with Crippen LogP contribution in [0.1, 0.15) is 65.2 Å². The summed E-state index contributed by atoms with van der Waals surface area (Å²) in [7, 11) is -17.2. The molecule has 0 fully saturated rings. The van der Waals surface area contributed by atoms with Crippen LogP contribution in [0.25, 0.3) is 20.4 Å². The molecule has 0 amide bonds. The molecule has 2 aromatic heterocycles. The average Bonchev–Trinajstić information content (AvgIpc) is 4.06. The highest BCUT2D eigenvalue weighted by atomic mass is 32.1. The summed E-state index contributed by atoms with van der Waals surface area (Å²) < 4.78 is 121. The van der Waals surface area contributed by atoms with E-state index < -0.39 is 67.8 Å². The largest absolute Gasteiger partial charge is 0.399 e. The normalized spacial score (nSPS) is 13.3. The number of carbonyl (C=O) groups excluding carboxylic acids is 1. The van der Waals surface area contributed by atoms with Crippen molar-refractivity contribution in [1.82, 2.24) is 9.97 Å². The number of Topliss-reactive ketones (excluding diaryl/α,β-unsaturated/α-hetero) is 1. The molecule has 12 nitrogen and oxygen atoms in total. The van der Waals surface area contributed by atoms with Crippen LogP contribution in [-0.4, -0.2) is 45.1 Å². The highest BCUT2D eigenvalue weighted by Crippen LogP contribution is 2.61. The van der Waals surface area contributed by atoms with Crippen LogP contribution >= 0.6 is 45.5 Å². The molecule has 0 spiro atoms. The number of carbonyl (C=O) groups is 1. The van der Waals surface area contributed by atoms with Crippen molar-refractivity contribution in [3.63, 3.8) is 0 Å². The van der Waals surface area contributed by atoms with E-state index in [1.807, 2.05) is 84.9 Å². The number of nitrogens with zero attached hydrogens (tertiary/aromatic N) is 2. The van der Waals surface area contributed by atoms with Gasteiger partial charge in [0.15, 0.2) is 5.78 Å². The third-order valence-corrected chi connectivity index (χ3v) is 17.9. The number of rotatable bonds is 17. The predicted octanol–water partition coefficient (Wildman–Crippen LogP) is 13.3. The van der Waals surface area contributed by atoms with Crippen LogP contribution in [0.15, 0.2) is 182 Å². The fourth-order valence-electron chi connectivity index (χ4n) is 8.39. The van der Waals surface area contributed by atoms with Crippen molar-refractivity contribution in [2.24, 2.45) is 0 Å². The molecule has 0 aliphatic carbocycles. The van der Waals surface area contributed by atoms with Crippen molar-refractivity contribution in [2.45, 2.75) is 47.6 Å².